The van der Waals surface area contributed by atoms with Gasteiger partial charge >= 0.3 is 6.18 Å². The summed E-state index contributed by atoms with van der Waals surface area (Å²) in [4.78, 5) is 3.89. The van der Waals surface area contributed by atoms with Gasteiger partial charge in [0.25, 0.3) is 0 Å². The number of alkyl halides is 3. The lowest BCUT2D eigenvalue weighted by Gasteiger charge is -2.13. The smallest absolute Gasteiger partial charge is 0.383 e. The average molecular weight is 262 g/mol. The van der Waals surface area contributed by atoms with E-state index in [9.17, 15) is 17.6 Å². The van der Waals surface area contributed by atoms with E-state index >= 15 is 0 Å². The van der Waals surface area contributed by atoms with Crippen LogP contribution in [0.5, 0.6) is 0 Å². The molecule has 0 amide bonds. The maximum atomic E-state index is 13.0. The maximum Gasteiger partial charge on any atom is 0.414 e. The predicted molar refractivity (Wildman–Crippen MR) is 56.4 cm³/mol. The first-order valence-corrected chi connectivity index (χ1v) is 5.14. The van der Waals surface area contributed by atoms with Gasteiger partial charge in [-0.25, -0.2) is 9.37 Å². The number of hydrogen-bond acceptors (Lipinski definition) is 2. The van der Waals surface area contributed by atoms with E-state index in [1.165, 1.54) is 23.7 Å². The molecule has 2 aromatic rings. The number of fused-ring (bicyclic) bond motifs is 1. The molecule has 0 aliphatic heterocycles. The van der Waals surface area contributed by atoms with Crippen molar-refractivity contribution < 1.29 is 22.7 Å². The van der Waals surface area contributed by atoms with Crippen LogP contribution in [0.15, 0.2) is 18.2 Å². The van der Waals surface area contributed by atoms with Gasteiger partial charge in [0.15, 0.2) is 6.10 Å². The second-order valence-electron chi connectivity index (χ2n) is 3.98. The molecule has 1 aromatic heterocycles. The number of aromatic nitrogens is 2. The van der Waals surface area contributed by atoms with Crippen molar-refractivity contribution in [3.63, 3.8) is 0 Å². The van der Waals surface area contributed by atoms with Crippen molar-refractivity contribution in [3.8, 4) is 0 Å². The van der Waals surface area contributed by atoms with Crippen LogP contribution in [0.25, 0.3) is 11.0 Å². The van der Waals surface area contributed by atoms with Crippen molar-refractivity contribution in [1.29, 1.82) is 0 Å². The summed E-state index contributed by atoms with van der Waals surface area (Å²) in [6.45, 7) is 0. The van der Waals surface area contributed by atoms with Crippen LogP contribution in [0, 0.1) is 5.82 Å². The number of rotatable bonds is 2. The first-order valence-electron chi connectivity index (χ1n) is 5.14. The largest absolute Gasteiger partial charge is 0.414 e. The number of hydrogen-bond donors (Lipinski definition) is 1. The van der Waals surface area contributed by atoms with Crippen LogP contribution in [0.2, 0.25) is 0 Å². The monoisotopic (exact) mass is 262 g/mol. The van der Waals surface area contributed by atoms with Crippen LogP contribution >= 0.6 is 0 Å². The summed E-state index contributed by atoms with van der Waals surface area (Å²) >= 11 is 0. The predicted octanol–water partition coefficient (Wildman–Crippen LogP) is 2.18. The zero-order chi connectivity index (χ0) is 13.5. The highest BCUT2D eigenvalue weighted by Gasteiger charge is 2.38. The van der Waals surface area contributed by atoms with Gasteiger partial charge in [-0.15, -0.1) is 0 Å². The van der Waals surface area contributed by atoms with Crippen molar-refractivity contribution in [2.24, 2.45) is 7.05 Å². The Balaban J connectivity index is 2.37. The van der Waals surface area contributed by atoms with Gasteiger partial charge in [-0.3, -0.25) is 0 Å². The van der Waals surface area contributed by atoms with E-state index < -0.39 is 24.5 Å². The van der Waals surface area contributed by atoms with Crippen LogP contribution in [-0.2, 0) is 13.5 Å². The summed E-state index contributed by atoms with van der Waals surface area (Å²) in [7, 11) is 1.52. The van der Waals surface area contributed by atoms with E-state index in [2.05, 4.69) is 4.98 Å². The lowest BCUT2D eigenvalue weighted by atomic mass is 10.2. The Kier molecular flexibility index (Phi) is 3.02. The Labute approximate surface area is 99.7 Å². The molecule has 18 heavy (non-hydrogen) atoms. The number of aliphatic hydroxyl groups excluding tert-OH is 1. The van der Waals surface area contributed by atoms with Gasteiger partial charge in [-0.1, -0.05) is 0 Å². The minimum absolute atomic E-state index is 0.0559. The van der Waals surface area contributed by atoms with E-state index in [0.29, 0.717) is 5.52 Å². The number of nitrogens with zero attached hydrogens (tertiary/aromatic N) is 2. The second kappa shape index (κ2) is 4.24. The zero-order valence-corrected chi connectivity index (χ0v) is 9.37. The van der Waals surface area contributed by atoms with Crippen LogP contribution in [0.4, 0.5) is 17.6 Å². The summed E-state index contributed by atoms with van der Waals surface area (Å²) in [5.74, 6) is -0.455. The number of aliphatic hydroxyl groups is 1. The third-order valence-electron chi connectivity index (χ3n) is 2.69. The fourth-order valence-electron chi connectivity index (χ4n) is 1.69. The third-order valence-corrected chi connectivity index (χ3v) is 2.69. The van der Waals surface area contributed by atoms with Gasteiger partial charge < -0.3 is 9.67 Å². The summed E-state index contributed by atoms with van der Waals surface area (Å²) in [6.07, 6.45) is -7.82. The number of aryl methyl sites for hydroxylation is 1. The normalized spacial score (nSPS) is 14.1. The average Bonchev–Trinajstić information content (AvgIpc) is 2.54. The molecule has 1 unspecified atom stereocenters. The summed E-state index contributed by atoms with van der Waals surface area (Å²) < 4.78 is 51.1. The SMILES string of the molecule is Cn1c(CC(O)C(F)(F)F)nc2cc(F)ccc21. The van der Waals surface area contributed by atoms with Gasteiger partial charge in [-0.2, -0.15) is 13.2 Å². The number of halogens is 4. The van der Waals surface area contributed by atoms with Gasteiger partial charge in [0.05, 0.1) is 11.0 Å². The summed E-state index contributed by atoms with van der Waals surface area (Å²) in [5.41, 5.74) is 0.780. The molecule has 3 nitrogen and oxygen atoms in total. The van der Waals surface area contributed by atoms with Crippen molar-refractivity contribution >= 4 is 11.0 Å². The highest BCUT2D eigenvalue weighted by molar-refractivity contribution is 5.75. The molecule has 0 spiro atoms. The molecule has 1 aromatic carbocycles. The third kappa shape index (κ3) is 2.31. The molecule has 1 N–H and O–H groups in total. The summed E-state index contributed by atoms with van der Waals surface area (Å²) in [6, 6.07) is 3.77. The van der Waals surface area contributed by atoms with E-state index in [0.717, 1.165) is 6.07 Å². The molecule has 0 fully saturated rings. The van der Waals surface area contributed by atoms with Crippen molar-refractivity contribution in [2.75, 3.05) is 0 Å². The van der Waals surface area contributed by atoms with Crippen LogP contribution < -0.4 is 0 Å². The molecule has 98 valence electrons. The molecule has 0 saturated heterocycles. The van der Waals surface area contributed by atoms with E-state index in [1.807, 2.05) is 0 Å². The van der Waals surface area contributed by atoms with Crippen molar-refractivity contribution in [2.45, 2.75) is 18.7 Å². The quantitative estimate of drug-likeness (QED) is 0.842. The molecule has 1 heterocycles. The van der Waals surface area contributed by atoms with E-state index in [1.54, 1.807) is 0 Å². The molecule has 0 radical (unpaired) electrons. The van der Waals surface area contributed by atoms with Crippen LogP contribution in [0.3, 0.4) is 0 Å². The Morgan fingerprint density at radius 3 is 2.67 bits per heavy atom. The van der Waals surface area contributed by atoms with E-state index in [4.69, 9.17) is 5.11 Å². The molecule has 0 aliphatic carbocycles. The molecule has 1 atom stereocenters. The fourth-order valence-corrected chi connectivity index (χ4v) is 1.69. The van der Waals surface area contributed by atoms with Gasteiger partial charge in [0, 0.05) is 19.5 Å². The summed E-state index contributed by atoms with van der Waals surface area (Å²) in [5, 5.41) is 8.99. The molecule has 0 aliphatic rings. The standard InChI is InChI=1S/C11H10F4N2O/c1-17-8-3-2-6(12)4-7(8)16-10(17)5-9(18)11(13,14)15/h2-4,9,18H,5H2,1H3. The van der Waals surface area contributed by atoms with E-state index in [-0.39, 0.29) is 11.3 Å². The molecule has 7 heteroatoms. The van der Waals surface area contributed by atoms with Crippen molar-refractivity contribution in [3.05, 3.63) is 29.8 Å². The Bertz CT molecular complexity index is 576. The first kappa shape index (κ1) is 12.8. The first-order chi connectivity index (χ1) is 8.29. The molecule has 0 saturated carbocycles. The minimum Gasteiger partial charge on any atom is -0.383 e. The highest BCUT2D eigenvalue weighted by atomic mass is 19.4. The molecule has 0 bridgehead atoms. The van der Waals surface area contributed by atoms with Gasteiger partial charge in [-0.05, 0) is 12.1 Å². The Morgan fingerprint density at radius 1 is 1.39 bits per heavy atom. The number of imidazole rings is 1. The minimum atomic E-state index is -4.69. The molecular formula is C11H10F4N2O. The van der Waals surface area contributed by atoms with Crippen molar-refractivity contribution in [1.82, 2.24) is 9.55 Å². The lowest BCUT2D eigenvalue weighted by Crippen LogP contribution is -2.31. The Morgan fingerprint density at radius 2 is 2.06 bits per heavy atom. The van der Waals surface area contributed by atoms with Gasteiger partial charge in [0.1, 0.15) is 11.6 Å². The molecule has 2 rings (SSSR count). The maximum absolute atomic E-state index is 13.0. The Hall–Kier alpha value is -1.63. The van der Waals surface area contributed by atoms with Crippen LogP contribution in [-0.4, -0.2) is 26.9 Å². The number of benzene rings is 1. The van der Waals surface area contributed by atoms with Gasteiger partial charge in [0.2, 0.25) is 0 Å². The molecular weight excluding hydrogens is 252 g/mol. The topological polar surface area (TPSA) is 38.0 Å². The second-order valence-corrected chi connectivity index (χ2v) is 3.98. The highest BCUT2D eigenvalue weighted by Crippen LogP contribution is 2.24. The lowest BCUT2D eigenvalue weighted by molar-refractivity contribution is -0.203. The zero-order valence-electron chi connectivity index (χ0n) is 9.37. The van der Waals surface area contributed by atoms with Crippen LogP contribution in [0.1, 0.15) is 5.82 Å². The fraction of sp³-hybridized carbons (Fsp3) is 0.364.